The van der Waals surface area contributed by atoms with Gasteiger partial charge in [-0.25, -0.2) is 4.79 Å². The van der Waals surface area contributed by atoms with E-state index in [0.717, 1.165) is 18.3 Å². The first-order valence-corrected chi connectivity index (χ1v) is 9.84. The number of carbonyl (C=O) groups excluding carboxylic acids is 1. The van der Waals surface area contributed by atoms with Crippen molar-refractivity contribution in [1.29, 1.82) is 0 Å². The van der Waals surface area contributed by atoms with Crippen molar-refractivity contribution in [3.05, 3.63) is 23.8 Å². The molecule has 2 rings (SSSR count). The maximum absolute atomic E-state index is 12.3. The average molecular weight is 347 g/mol. The van der Waals surface area contributed by atoms with Gasteiger partial charge in [-0.1, -0.05) is 64.7 Å². The van der Waals surface area contributed by atoms with E-state index >= 15 is 0 Å². The summed E-state index contributed by atoms with van der Waals surface area (Å²) in [7, 11) is 0. The third kappa shape index (κ3) is 5.45. The van der Waals surface area contributed by atoms with Crippen LogP contribution in [-0.2, 0) is 9.59 Å². The average Bonchev–Trinajstić information content (AvgIpc) is 2.60. The van der Waals surface area contributed by atoms with Crippen molar-refractivity contribution < 1.29 is 14.7 Å². The molecule has 25 heavy (non-hydrogen) atoms. The number of hydrogen-bond donors (Lipinski definition) is 2. The van der Waals surface area contributed by atoms with Gasteiger partial charge in [0.2, 0.25) is 0 Å². The van der Waals surface area contributed by atoms with E-state index in [0.29, 0.717) is 11.5 Å². The molecule has 0 aromatic heterocycles. The molecule has 0 saturated heterocycles. The molecule has 1 fully saturated rings. The molecule has 1 amide bonds. The van der Waals surface area contributed by atoms with Crippen LogP contribution >= 0.6 is 0 Å². The van der Waals surface area contributed by atoms with Gasteiger partial charge < -0.3 is 10.4 Å². The topological polar surface area (TPSA) is 66.4 Å². The Bertz CT molecular complexity index is 527. The van der Waals surface area contributed by atoms with E-state index in [1.807, 2.05) is 12.2 Å². The van der Waals surface area contributed by atoms with E-state index in [1.165, 1.54) is 38.5 Å². The van der Waals surface area contributed by atoms with Crippen LogP contribution in [0.1, 0.15) is 65.7 Å². The van der Waals surface area contributed by atoms with Gasteiger partial charge in [0.1, 0.15) is 6.04 Å². The third-order valence-corrected chi connectivity index (χ3v) is 5.81. The fourth-order valence-corrected chi connectivity index (χ4v) is 4.21. The zero-order valence-corrected chi connectivity index (χ0v) is 15.8. The van der Waals surface area contributed by atoms with Crippen LogP contribution in [0.25, 0.3) is 0 Å². The van der Waals surface area contributed by atoms with Crippen molar-refractivity contribution in [2.75, 3.05) is 0 Å². The molecular formula is C21H33NO3. The molecule has 4 heteroatoms. The molecule has 0 spiro atoms. The maximum Gasteiger partial charge on any atom is 0.326 e. The monoisotopic (exact) mass is 347 g/mol. The third-order valence-electron chi connectivity index (χ3n) is 5.81. The molecule has 0 aromatic carbocycles. The second-order valence-electron chi connectivity index (χ2n) is 8.02. The second-order valence-corrected chi connectivity index (χ2v) is 8.02. The quantitative estimate of drug-likeness (QED) is 0.721. The Morgan fingerprint density at radius 2 is 1.92 bits per heavy atom. The van der Waals surface area contributed by atoms with Gasteiger partial charge in [-0.15, -0.1) is 0 Å². The summed E-state index contributed by atoms with van der Waals surface area (Å²) in [6.45, 7) is 5.87. The summed E-state index contributed by atoms with van der Waals surface area (Å²) in [6.07, 6.45) is 14.9. The number of amides is 1. The first-order chi connectivity index (χ1) is 11.9. The van der Waals surface area contributed by atoms with Crippen LogP contribution in [0.4, 0.5) is 0 Å². The number of nitrogens with one attached hydrogen (secondary N) is 1. The normalized spacial score (nSPS) is 27.7. The van der Waals surface area contributed by atoms with Crippen LogP contribution in [0.5, 0.6) is 0 Å². The van der Waals surface area contributed by atoms with E-state index in [1.54, 1.807) is 13.8 Å². The Labute approximate surface area is 151 Å². The lowest BCUT2D eigenvalue weighted by molar-refractivity contribution is -0.142. The molecule has 1 saturated carbocycles. The van der Waals surface area contributed by atoms with E-state index < -0.39 is 12.0 Å². The number of carboxylic acid groups (broad SMARTS) is 1. The minimum atomic E-state index is -0.981. The number of allylic oxidation sites excluding steroid dienone is 2. The highest BCUT2D eigenvalue weighted by atomic mass is 16.4. The first-order valence-electron chi connectivity index (χ1n) is 9.84. The zero-order valence-electron chi connectivity index (χ0n) is 15.8. The van der Waals surface area contributed by atoms with E-state index in [9.17, 15) is 14.7 Å². The van der Waals surface area contributed by atoms with Crippen molar-refractivity contribution in [3.63, 3.8) is 0 Å². The van der Waals surface area contributed by atoms with Crippen molar-refractivity contribution in [3.8, 4) is 0 Å². The predicted octanol–water partition coefficient (Wildman–Crippen LogP) is 4.32. The van der Waals surface area contributed by atoms with Gasteiger partial charge in [0.15, 0.2) is 0 Å². The molecule has 4 nitrogen and oxygen atoms in total. The predicted molar refractivity (Wildman–Crippen MR) is 100 cm³/mol. The fraction of sp³-hybridized carbons (Fsp3) is 0.714. The van der Waals surface area contributed by atoms with Crippen LogP contribution in [0.2, 0.25) is 0 Å². The number of carboxylic acids is 1. The van der Waals surface area contributed by atoms with E-state index in [4.69, 9.17) is 0 Å². The highest BCUT2D eigenvalue weighted by Crippen LogP contribution is 2.38. The molecule has 2 atom stereocenters. The van der Waals surface area contributed by atoms with E-state index in [2.05, 4.69) is 18.3 Å². The van der Waals surface area contributed by atoms with Crippen molar-refractivity contribution >= 4 is 11.9 Å². The summed E-state index contributed by atoms with van der Waals surface area (Å²) in [6, 6.07) is -0.839. The van der Waals surface area contributed by atoms with Crippen LogP contribution in [0.15, 0.2) is 23.8 Å². The van der Waals surface area contributed by atoms with Crippen molar-refractivity contribution in [2.45, 2.75) is 71.8 Å². The molecule has 0 aromatic rings. The summed E-state index contributed by atoms with van der Waals surface area (Å²) < 4.78 is 0. The molecule has 140 valence electrons. The first kappa shape index (κ1) is 19.7. The Morgan fingerprint density at radius 1 is 1.24 bits per heavy atom. The Hall–Kier alpha value is -1.58. The zero-order chi connectivity index (χ0) is 18.4. The molecule has 0 bridgehead atoms. The van der Waals surface area contributed by atoms with Gasteiger partial charge >= 0.3 is 5.97 Å². The SMILES string of the molecule is CCCC1CCC(C2C=CC(C(=O)NC(C(=O)O)C(C)C)=CC2)CC1. The highest BCUT2D eigenvalue weighted by molar-refractivity contribution is 5.98. The number of rotatable bonds is 7. The molecule has 0 radical (unpaired) electrons. The standard InChI is InChI=1S/C21H33NO3/c1-4-5-15-6-8-16(9-7-15)17-10-12-18(13-11-17)20(23)22-19(14(2)3)21(24)25/h10,12-17,19H,4-9,11H2,1-3H3,(H,22,23)(H,24,25). The Balaban J connectivity index is 1.85. The minimum absolute atomic E-state index is 0.138. The molecular weight excluding hydrogens is 314 g/mol. The Morgan fingerprint density at radius 3 is 2.40 bits per heavy atom. The summed E-state index contributed by atoms with van der Waals surface area (Å²) in [5, 5.41) is 11.9. The molecule has 0 aliphatic heterocycles. The van der Waals surface area contributed by atoms with Gasteiger partial charge in [0.05, 0.1) is 0 Å². The lowest BCUT2D eigenvalue weighted by atomic mass is 9.72. The van der Waals surface area contributed by atoms with Crippen molar-refractivity contribution in [2.24, 2.45) is 23.7 Å². The number of carbonyl (C=O) groups is 2. The highest BCUT2D eigenvalue weighted by Gasteiger charge is 2.28. The van der Waals surface area contributed by atoms with E-state index in [-0.39, 0.29) is 11.8 Å². The lowest BCUT2D eigenvalue weighted by Gasteiger charge is -2.33. The largest absolute Gasteiger partial charge is 0.480 e. The molecule has 2 aliphatic rings. The van der Waals surface area contributed by atoms with Crippen LogP contribution < -0.4 is 5.32 Å². The van der Waals surface area contributed by atoms with Gasteiger partial charge in [-0.2, -0.15) is 0 Å². The van der Waals surface area contributed by atoms with Crippen molar-refractivity contribution in [1.82, 2.24) is 5.32 Å². The van der Waals surface area contributed by atoms with Gasteiger partial charge in [-0.3, -0.25) is 4.79 Å². The van der Waals surface area contributed by atoms with Gasteiger partial charge in [-0.05, 0) is 42.9 Å². The van der Waals surface area contributed by atoms with Crippen LogP contribution in [-0.4, -0.2) is 23.0 Å². The van der Waals surface area contributed by atoms with Gasteiger partial charge in [0, 0.05) is 5.57 Å². The number of aliphatic carboxylic acids is 1. The summed E-state index contributed by atoms with van der Waals surface area (Å²) in [5.41, 5.74) is 0.600. The van der Waals surface area contributed by atoms with Crippen LogP contribution in [0.3, 0.4) is 0 Å². The summed E-state index contributed by atoms with van der Waals surface area (Å²) in [5.74, 6) is 0.774. The maximum atomic E-state index is 12.3. The number of hydrogen-bond acceptors (Lipinski definition) is 2. The molecule has 2 N–H and O–H groups in total. The Kier molecular flexibility index (Phi) is 7.27. The fourth-order valence-electron chi connectivity index (χ4n) is 4.21. The molecule has 2 unspecified atom stereocenters. The minimum Gasteiger partial charge on any atom is -0.480 e. The smallest absolute Gasteiger partial charge is 0.326 e. The summed E-state index contributed by atoms with van der Waals surface area (Å²) in [4.78, 5) is 23.6. The molecule has 2 aliphatic carbocycles. The van der Waals surface area contributed by atoms with Crippen LogP contribution in [0, 0.1) is 23.7 Å². The van der Waals surface area contributed by atoms with Gasteiger partial charge in [0.25, 0.3) is 5.91 Å². The lowest BCUT2D eigenvalue weighted by Crippen LogP contribution is -2.44. The molecule has 0 heterocycles. The summed E-state index contributed by atoms with van der Waals surface area (Å²) >= 11 is 0. The second kappa shape index (κ2) is 9.21.